The Morgan fingerprint density at radius 2 is 2.05 bits per heavy atom. The molecule has 2 rings (SSSR count). The molecule has 0 spiro atoms. The molecule has 22 heavy (non-hydrogen) atoms. The van der Waals surface area contributed by atoms with Crippen molar-refractivity contribution >= 4 is 26.1 Å². The van der Waals surface area contributed by atoms with Crippen LogP contribution in [-0.2, 0) is 9.84 Å². The summed E-state index contributed by atoms with van der Waals surface area (Å²) in [5.74, 6) is 2.24. The molecule has 6 nitrogen and oxygen atoms in total. The summed E-state index contributed by atoms with van der Waals surface area (Å²) in [6.07, 6.45) is 11.2. The van der Waals surface area contributed by atoms with Gasteiger partial charge < -0.3 is 0 Å². The number of terminal acetylenes is 1. The number of nitrogens with zero attached hydrogens (tertiary/aromatic N) is 3. The van der Waals surface area contributed by atoms with Crippen molar-refractivity contribution in [3.05, 3.63) is 22.1 Å². The SMILES string of the molecule is C#Cc1cnc2sc(S(=O)(=O)CCCCCCC)nn2c1=O. The summed E-state index contributed by atoms with van der Waals surface area (Å²) < 4.78 is 25.4. The Morgan fingerprint density at radius 1 is 1.32 bits per heavy atom. The third-order valence-corrected chi connectivity index (χ3v) is 6.38. The summed E-state index contributed by atoms with van der Waals surface area (Å²) in [4.78, 5) is 16.2. The van der Waals surface area contributed by atoms with Gasteiger partial charge in [0, 0.05) is 0 Å². The Hall–Kier alpha value is -1.72. The van der Waals surface area contributed by atoms with Gasteiger partial charge >= 0.3 is 0 Å². The van der Waals surface area contributed by atoms with Crippen molar-refractivity contribution in [1.29, 1.82) is 0 Å². The minimum absolute atomic E-state index is 0.0350. The predicted molar refractivity (Wildman–Crippen MR) is 85.9 cm³/mol. The molecule has 0 bridgehead atoms. The van der Waals surface area contributed by atoms with Gasteiger partial charge in [0.2, 0.25) is 19.1 Å². The largest absolute Gasteiger partial charge is 0.290 e. The van der Waals surface area contributed by atoms with Gasteiger partial charge in [0.15, 0.2) is 0 Å². The normalized spacial score (nSPS) is 11.6. The van der Waals surface area contributed by atoms with Crippen LogP contribution in [0.5, 0.6) is 0 Å². The van der Waals surface area contributed by atoms with Gasteiger partial charge in [-0.05, 0) is 6.42 Å². The zero-order valence-corrected chi connectivity index (χ0v) is 13.9. The van der Waals surface area contributed by atoms with E-state index in [1.54, 1.807) is 0 Å². The number of sulfone groups is 1. The molecule has 0 aliphatic rings. The zero-order valence-electron chi connectivity index (χ0n) is 12.3. The van der Waals surface area contributed by atoms with Gasteiger partial charge in [-0.25, -0.2) is 13.4 Å². The number of unbranched alkanes of at least 4 members (excludes halogenated alkanes) is 4. The number of rotatable bonds is 7. The molecule has 2 heterocycles. The van der Waals surface area contributed by atoms with E-state index in [2.05, 4.69) is 22.9 Å². The van der Waals surface area contributed by atoms with E-state index < -0.39 is 15.4 Å². The maximum atomic E-state index is 12.3. The number of hydrogen-bond donors (Lipinski definition) is 0. The van der Waals surface area contributed by atoms with E-state index in [-0.39, 0.29) is 20.6 Å². The summed E-state index contributed by atoms with van der Waals surface area (Å²) in [7, 11) is -3.49. The first-order valence-electron chi connectivity index (χ1n) is 7.08. The van der Waals surface area contributed by atoms with Gasteiger partial charge in [-0.15, -0.1) is 11.5 Å². The van der Waals surface area contributed by atoms with Crippen LogP contribution in [0, 0.1) is 12.3 Å². The third-order valence-electron chi connectivity index (χ3n) is 3.21. The van der Waals surface area contributed by atoms with E-state index in [4.69, 9.17) is 6.42 Å². The number of aromatic nitrogens is 3. The summed E-state index contributed by atoms with van der Waals surface area (Å²) in [6, 6.07) is 0. The Morgan fingerprint density at radius 3 is 2.73 bits per heavy atom. The molecule has 0 saturated heterocycles. The van der Waals surface area contributed by atoms with Crippen LogP contribution in [0.25, 0.3) is 4.96 Å². The lowest BCUT2D eigenvalue weighted by molar-refractivity contribution is 0.584. The minimum Gasteiger partial charge on any atom is -0.266 e. The lowest BCUT2D eigenvalue weighted by atomic mass is 10.2. The topological polar surface area (TPSA) is 81.4 Å². The number of fused-ring (bicyclic) bond motifs is 1. The summed E-state index contributed by atoms with van der Waals surface area (Å²) in [6.45, 7) is 2.10. The van der Waals surface area contributed by atoms with Crippen LogP contribution in [0.15, 0.2) is 15.3 Å². The molecule has 0 fully saturated rings. The highest BCUT2D eigenvalue weighted by Gasteiger charge is 2.21. The Balaban J connectivity index is 2.22. The molecule has 0 amide bonds. The van der Waals surface area contributed by atoms with Gasteiger partial charge in [0.25, 0.3) is 5.56 Å². The summed E-state index contributed by atoms with van der Waals surface area (Å²) >= 11 is 0.890. The molecule has 0 aromatic carbocycles. The third kappa shape index (κ3) is 3.54. The van der Waals surface area contributed by atoms with Crippen LogP contribution in [0.2, 0.25) is 0 Å². The van der Waals surface area contributed by atoms with Crippen molar-refractivity contribution in [2.45, 2.75) is 43.4 Å². The molecule has 2 aromatic heterocycles. The van der Waals surface area contributed by atoms with Gasteiger partial charge in [-0.1, -0.05) is 49.9 Å². The van der Waals surface area contributed by atoms with Crippen molar-refractivity contribution < 1.29 is 8.42 Å². The fourth-order valence-electron chi connectivity index (χ4n) is 1.98. The van der Waals surface area contributed by atoms with Crippen molar-refractivity contribution in [2.24, 2.45) is 0 Å². The monoisotopic (exact) mass is 339 g/mol. The fourth-order valence-corrected chi connectivity index (χ4v) is 4.52. The van der Waals surface area contributed by atoms with E-state index in [9.17, 15) is 13.2 Å². The molecule has 8 heteroatoms. The van der Waals surface area contributed by atoms with Gasteiger partial charge in [-0.3, -0.25) is 4.79 Å². The molecule has 0 N–H and O–H groups in total. The second-order valence-electron chi connectivity index (χ2n) is 4.92. The molecule has 0 atom stereocenters. The average Bonchev–Trinajstić information content (AvgIpc) is 2.93. The molecule has 0 radical (unpaired) electrons. The standard InChI is InChI=1S/C14H17N3O3S2/c1-3-5-6-7-8-9-22(19,20)14-16-17-12(18)11(4-2)10-15-13(17)21-14/h2,10H,3,5-9H2,1H3. The molecule has 0 saturated carbocycles. The van der Waals surface area contributed by atoms with E-state index in [0.29, 0.717) is 6.42 Å². The van der Waals surface area contributed by atoms with Crippen molar-refractivity contribution in [2.75, 3.05) is 5.75 Å². The zero-order chi connectivity index (χ0) is 16.2. The Kier molecular flexibility index (Phi) is 5.32. The average molecular weight is 339 g/mol. The highest BCUT2D eigenvalue weighted by molar-refractivity contribution is 7.93. The molecule has 2 aromatic rings. The van der Waals surface area contributed by atoms with Crippen LogP contribution in [0.1, 0.15) is 44.6 Å². The second-order valence-corrected chi connectivity index (χ2v) is 8.16. The lowest BCUT2D eigenvalue weighted by Gasteiger charge is -2.00. The first-order valence-corrected chi connectivity index (χ1v) is 9.54. The highest BCUT2D eigenvalue weighted by atomic mass is 32.2. The minimum atomic E-state index is -3.49. The van der Waals surface area contributed by atoms with Crippen LogP contribution < -0.4 is 5.56 Å². The summed E-state index contributed by atoms with van der Waals surface area (Å²) in [5, 5.41) is 3.88. The highest BCUT2D eigenvalue weighted by Crippen LogP contribution is 2.19. The maximum Gasteiger partial charge on any atom is 0.290 e. The Labute approximate surface area is 133 Å². The molecular formula is C14H17N3O3S2. The molecule has 0 unspecified atom stereocenters. The van der Waals surface area contributed by atoms with Crippen LogP contribution >= 0.6 is 11.3 Å². The quantitative estimate of drug-likeness (QED) is 0.568. The van der Waals surface area contributed by atoms with Gasteiger partial charge in [-0.2, -0.15) is 4.52 Å². The smallest absolute Gasteiger partial charge is 0.266 e. The Bertz CT molecular complexity index is 860. The first-order chi connectivity index (χ1) is 10.5. The fraction of sp³-hybridized carbons (Fsp3) is 0.500. The maximum absolute atomic E-state index is 12.3. The summed E-state index contributed by atoms with van der Waals surface area (Å²) in [5.41, 5.74) is -0.459. The van der Waals surface area contributed by atoms with Crippen LogP contribution in [-0.4, -0.2) is 28.8 Å². The van der Waals surface area contributed by atoms with Crippen LogP contribution in [0.3, 0.4) is 0 Å². The predicted octanol–water partition coefficient (Wildman–Crippen LogP) is 1.88. The van der Waals surface area contributed by atoms with E-state index in [1.165, 1.54) is 6.20 Å². The molecule has 0 aliphatic heterocycles. The van der Waals surface area contributed by atoms with E-state index >= 15 is 0 Å². The molecule has 0 aliphatic carbocycles. The molecule has 118 valence electrons. The van der Waals surface area contributed by atoms with Crippen molar-refractivity contribution in [1.82, 2.24) is 14.6 Å². The first kappa shape index (κ1) is 16.6. The van der Waals surface area contributed by atoms with Gasteiger partial charge in [0.05, 0.1) is 11.9 Å². The van der Waals surface area contributed by atoms with Gasteiger partial charge in [0.1, 0.15) is 5.56 Å². The van der Waals surface area contributed by atoms with Crippen molar-refractivity contribution in [3.63, 3.8) is 0 Å². The van der Waals surface area contributed by atoms with Crippen LogP contribution in [0.4, 0.5) is 0 Å². The number of hydrogen-bond acceptors (Lipinski definition) is 6. The lowest BCUT2D eigenvalue weighted by Crippen LogP contribution is -2.18. The van der Waals surface area contributed by atoms with Crippen molar-refractivity contribution in [3.8, 4) is 12.3 Å². The van der Waals surface area contributed by atoms with E-state index in [0.717, 1.165) is 41.5 Å². The van der Waals surface area contributed by atoms with E-state index in [1.807, 2.05) is 0 Å². The molecular weight excluding hydrogens is 322 g/mol. The second kappa shape index (κ2) is 7.03.